The Kier molecular flexibility index (Phi) is 11.3. The number of nitrogens with one attached hydrogen (secondary N) is 1. The van der Waals surface area contributed by atoms with Gasteiger partial charge in [0.1, 0.15) is 12.6 Å². The van der Waals surface area contributed by atoms with E-state index in [0.29, 0.717) is 27.7 Å². The summed E-state index contributed by atoms with van der Waals surface area (Å²) < 4.78 is 26.9. The van der Waals surface area contributed by atoms with Crippen molar-refractivity contribution in [2.24, 2.45) is 0 Å². The van der Waals surface area contributed by atoms with Gasteiger partial charge in [-0.15, -0.1) is 0 Å². The first kappa shape index (κ1) is 30.9. The van der Waals surface area contributed by atoms with Crippen molar-refractivity contribution < 1.29 is 18.0 Å². The van der Waals surface area contributed by atoms with Crippen LogP contribution in [0.15, 0.2) is 42.5 Å². The van der Waals surface area contributed by atoms with Gasteiger partial charge < -0.3 is 10.2 Å². The fourth-order valence-electron chi connectivity index (χ4n) is 3.99. The number of hydrogen-bond acceptors (Lipinski definition) is 4. The number of para-hydroxylation sites is 1. The van der Waals surface area contributed by atoms with Crippen LogP contribution in [0, 0.1) is 0 Å². The minimum atomic E-state index is -3.82. The maximum atomic E-state index is 13.9. The van der Waals surface area contributed by atoms with Crippen LogP contribution in [-0.2, 0) is 26.2 Å². The highest BCUT2D eigenvalue weighted by Gasteiger charge is 2.33. The maximum Gasteiger partial charge on any atom is 0.244 e. The molecule has 0 aliphatic carbocycles. The zero-order chi connectivity index (χ0) is 27.9. The van der Waals surface area contributed by atoms with E-state index in [0.717, 1.165) is 22.5 Å². The van der Waals surface area contributed by atoms with Gasteiger partial charge in [0.25, 0.3) is 0 Å². The first-order valence-electron chi connectivity index (χ1n) is 12.4. The van der Waals surface area contributed by atoms with E-state index >= 15 is 0 Å². The molecule has 0 aromatic heterocycles. The third kappa shape index (κ3) is 8.35. The van der Waals surface area contributed by atoms with Crippen molar-refractivity contribution in [3.05, 3.63) is 63.6 Å². The number of sulfonamides is 1. The van der Waals surface area contributed by atoms with E-state index in [4.69, 9.17) is 23.2 Å². The van der Waals surface area contributed by atoms with Crippen LogP contribution in [0.2, 0.25) is 10.0 Å². The molecule has 0 spiro atoms. The van der Waals surface area contributed by atoms with Crippen LogP contribution in [0.25, 0.3) is 0 Å². The third-order valence-electron chi connectivity index (χ3n) is 6.25. The molecule has 0 saturated heterocycles. The highest BCUT2D eigenvalue weighted by molar-refractivity contribution is 7.92. The summed E-state index contributed by atoms with van der Waals surface area (Å²) in [5.74, 6) is -0.783. The topological polar surface area (TPSA) is 86.8 Å². The molecule has 2 amide bonds. The van der Waals surface area contributed by atoms with Crippen molar-refractivity contribution in [2.75, 3.05) is 17.1 Å². The smallest absolute Gasteiger partial charge is 0.244 e. The summed E-state index contributed by atoms with van der Waals surface area (Å²) in [7, 11) is -3.82. The molecule has 0 unspecified atom stereocenters. The summed E-state index contributed by atoms with van der Waals surface area (Å²) in [6, 6.07) is 11.1. The van der Waals surface area contributed by atoms with Gasteiger partial charge in [-0.2, -0.15) is 0 Å². The summed E-state index contributed by atoms with van der Waals surface area (Å²) in [6.45, 7) is 9.14. The molecule has 1 N–H and O–H groups in total. The molecule has 0 aliphatic heterocycles. The summed E-state index contributed by atoms with van der Waals surface area (Å²) in [6.07, 6.45) is 2.14. The molecular weight excluding hydrogens is 533 g/mol. The predicted molar refractivity (Wildman–Crippen MR) is 152 cm³/mol. The highest BCUT2D eigenvalue weighted by Crippen LogP contribution is 2.30. The first-order chi connectivity index (χ1) is 17.3. The Morgan fingerprint density at radius 3 is 2.19 bits per heavy atom. The molecule has 2 aromatic rings. The monoisotopic (exact) mass is 569 g/mol. The van der Waals surface area contributed by atoms with E-state index in [1.54, 1.807) is 30.3 Å². The standard InChI is InChI=1S/C27H37Cl2N3O4S/c1-7-19(5)30-27(34)24(8-2)31(16-20-13-14-21(28)15-23(20)29)26(33)17-32(37(6,35)36)25-12-10-9-11-22(25)18(3)4/h9-15,18-19,24H,7-8,16-17H2,1-6H3,(H,30,34)/t19-,24+/m0/s1. The second-order valence-electron chi connectivity index (χ2n) is 9.48. The van der Waals surface area contributed by atoms with Gasteiger partial charge in [-0.25, -0.2) is 8.42 Å². The summed E-state index contributed by atoms with van der Waals surface area (Å²) in [5.41, 5.74) is 1.84. The van der Waals surface area contributed by atoms with Crippen molar-refractivity contribution in [3.8, 4) is 0 Å². The van der Waals surface area contributed by atoms with E-state index in [1.165, 1.54) is 4.90 Å². The van der Waals surface area contributed by atoms with Crippen LogP contribution >= 0.6 is 23.2 Å². The fourth-order valence-corrected chi connectivity index (χ4v) is 5.33. The maximum absolute atomic E-state index is 13.9. The number of nitrogens with zero attached hydrogens (tertiary/aromatic N) is 2. The number of benzene rings is 2. The number of hydrogen-bond donors (Lipinski definition) is 1. The molecule has 2 aromatic carbocycles. The molecule has 0 aliphatic rings. The van der Waals surface area contributed by atoms with E-state index in [2.05, 4.69) is 5.32 Å². The molecule has 204 valence electrons. The number of halogens is 2. The molecule has 7 nitrogen and oxygen atoms in total. The largest absolute Gasteiger partial charge is 0.352 e. The zero-order valence-electron chi connectivity index (χ0n) is 22.3. The fraction of sp³-hybridized carbons (Fsp3) is 0.481. The molecule has 10 heteroatoms. The second-order valence-corrected chi connectivity index (χ2v) is 12.2. The number of rotatable bonds is 12. The molecule has 0 saturated carbocycles. The molecular formula is C27H37Cl2N3O4S. The van der Waals surface area contributed by atoms with Gasteiger partial charge in [-0.05, 0) is 55.0 Å². The molecule has 37 heavy (non-hydrogen) atoms. The Labute approximate surface area is 231 Å². The SMILES string of the molecule is CC[C@H](C(=O)N[C@@H](C)CC)N(Cc1ccc(Cl)cc1Cl)C(=O)CN(c1ccccc1C(C)C)S(C)(=O)=O. The molecule has 0 bridgehead atoms. The molecule has 0 fully saturated rings. The van der Waals surface area contributed by atoms with Crippen molar-refractivity contribution in [3.63, 3.8) is 0 Å². The van der Waals surface area contributed by atoms with Gasteiger partial charge in [0, 0.05) is 22.6 Å². The van der Waals surface area contributed by atoms with Crippen LogP contribution in [0.1, 0.15) is 64.5 Å². The Hall–Kier alpha value is -2.29. The molecule has 0 heterocycles. The van der Waals surface area contributed by atoms with Crippen LogP contribution in [0.4, 0.5) is 5.69 Å². The number of carbonyl (C=O) groups excluding carboxylic acids is 2. The Bertz CT molecular complexity index is 1200. The van der Waals surface area contributed by atoms with Crippen molar-refractivity contribution in [2.45, 2.75) is 72.0 Å². The minimum Gasteiger partial charge on any atom is -0.352 e. The van der Waals surface area contributed by atoms with Crippen molar-refractivity contribution >= 4 is 50.7 Å². The number of carbonyl (C=O) groups is 2. The Morgan fingerprint density at radius 2 is 1.65 bits per heavy atom. The van der Waals surface area contributed by atoms with Crippen LogP contribution in [-0.4, -0.2) is 50.0 Å². The van der Waals surface area contributed by atoms with E-state index in [-0.39, 0.29) is 24.4 Å². The lowest BCUT2D eigenvalue weighted by Gasteiger charge is -2.34. The lowest BCUT2D eigenvalue weighted by atomic mass is 10.0. The Morgan fingerprint density at radius 1 is 1.00 bits per heavy atom. The van der Waals surface area contributed by atoms with Crippen molar-refractivity contribution in [1.29, 1.82) is 0 Å². The quantitative estimate of drug-likeness (QED) is 0.360. The second kappa shape index (κ2) is 13.5. The van der Waals surface area contributed by atoms with Crippen molar-refractivity contribution in [1.82, 2.24) is 10.2 Å². The summed E-state index contributed by atoms with van der Waals surface area (Å²) >= 11 is 12.5. The van der Waals surface area contributed by atoms with Crippen LogP contribution < -0.4 is 9.62 Å². The van der Waals surface area contributed by atoms with Gasteiger partial charge in [0.05, 0.1) is 11.9 Å². The summed E-state index contributed by atoms with van der Waals surface area (Å²) in [4.78, 5) is 28.5. The molecule has 0 radical (unpaired) electrons. The van der Waals surface area contributed by atoms with E-state index in [1.807, 2.05) is 46.8 Å². The van der Waals surface area contributed by atoms with E-state index in [9.17, 15) is 18.0 Å². The molecule has 2 rings (SSSR count). The normalized spacial score (nSPS) is 13.2. The van der Waals surface area contributed by atoms with Crippen LogP contribution in [0.3, 0.4) is 0 Å². The average Bonchev–Trinajstić information content (AvgIpc) is 2.82. The third-order valence-corrected chi connectivity index (χ3v) is 7.96. The van der Waals surface area contributed by atoms with Gasteiger partial charge in [0.2, 0.25) is 21.8 Å². The molecule has 2 atom stereocenters. The van der Waals surface area contributed by atoms with Gasteiger partial charge in [0.15, 0.2) is 0 Å². The predicted octanol–water partition coefficient (Wildman–Crippen LogP) is 5.60. The summed E-state index contributed by atoms with van der Waals surface area (Å²) in [5, 5.41) is 3.75. The number of amides is 2. The average molecular weight is 571 g/mol. The minimum absolute atomic E-state index is 0.0185. The first-order valence-corrected chi connectivity index (χ1v) is 15.0. The zero-order valence-corrected chi connectivity index (χ0v) is 24.6. The van der Waals surface area contributed by atoms with Crippen LogP contribution in [0.5, 0.6) is 0 Å². The van der Waals surface area contributed by atoms with E-state index < -0.39 is 28.5 Å². The Balaban J connectivity index is 2.54. The van der Waals surface area contributed by atoms with Gasteiger partial charge >= 0.3 is 0 Å². The highest BCUT2D eigenvalue weighted by atomic mass is 35.5. The lowest BCUT2D eigenvalue weighted by Crippen LogP contribution is -2.53. The van der Waals surface area contributed by atoms with Gasteiger partial charge in [-0.3, -0.25) is 13.9 Å². The number of anilines is 1. The van der Waals surface area contributed by atoms with Gasteiger partial charge in [-0.1, -0.05) is 75.2 Å². The lowest BCUT2D eigenvalue weighted by molar-refractivity contribution is -0.140.